The van der Waals surface area contributed by atoms with E-state index in [-0.39, 0.29) is 34.4 Å². The molecular formula is C24H30F2IN2O6P. The number of benzene rings is 1. The molecule has 2 unspecified atom stereocenters. The molecule has 8 nitrogen and oxygen atoms in total. The third kappa shape index (κ3) is 5.55. The molecule has 198 valence electrons. The van der Waals surface area contributed by atoms with Crippen LogP contribution in [0.25, 0.3) is 0 Å². The van der Waals surface area contributed by atoms with Crippen LogP contribution in [0.5, 0.6) is 5.75 Å². The van der Waals surface area contributed by atoms with Crippen LogP contribution in [0, 0.1) is 9.39 Å². The summed E-state index contributed by atoms with van der Waals surface area (Å²) >= 11 is 1.79. The molecule has 1 fully saturated rings. The van der Waals surface area contributed by atoms with Crippen LogP contribution in [0.3, 0.4) is 0 Å². The number of rotatable bonds is 4. The number of H-pyrrole nitrogens is 1. The number of hydrogen-bond acceptors (Lipinski definition) is 6. The van der Waals surface area contributed by atoms with Gasteiger partial charge < -0.3 is 9.26 Å². The maximum absolute atomic E-state index is 15.4. The monoisotopic (exact) mass is 638 g/mol. The molecule has 0 saturated carbocycles. The van der Waals surface area contributed by atoms with E-state index in [4.69, 9.17) is 18.3 Å². The molecule has 0 amide bonds. The van der Waals surface area contributed by atoms with Crippen molar-refractivity contribution in [2.45, 2.75) is 83.9 Å². The Hall–Kier alpha value is -1.40. The summed E-state index contributed by atoms with van der Waals surface area (Å²) in [6.07, 6.45) is -2.00. The minimum absolute atomic E-state index is 0.0295. The average Bonchev–Trinajstić information content (AvgIpc) is 3.13. The summed E-state index contributed by atoms with van der Waals surface area (Å²) < 4.78 is 54.7. The minimum atomic E-state index is -1.92. The Morgan fingerprint density at radius 2 is 1.86 bits per heavy atom. The van der Waals surface area contributed by atoms with Crippen LogP contribution in [0.4, 0.5) is 8.78 Å². The van der Waals surface area contributed by atoms with Gasteiger partial charge in [0.05, 0.1) is 22.3 Å². The third-order valence-corrected chi connectivity index (χ3v) is 7.95. The normalized spacial score (nSPS) is 24.5. The number of alkyl halides is 1. The molecule has 2 aromatic rings. The van der Waals surface area contributed by atoms with E-state index in [0.717, 1.165) is 10.1 Å². The number of aromatic amines is 1. The second kappa shape index (κ2) is 10.1. The van der Waals surface area contributed by atoms with Gasteiger partial charge in [0.2, 0.25) is 0 Å². The topological polar surface area (TPSA) is 91.8 Å². The van der Waals surface area contributed by atoms with Gasteiger partial charge in [-0.05, 0) is 45.1 Å². The number of nitrogens with zero attached hydrogens (tertiary/aromatic N) is 1. The first-order valence-corrected chi connectivity index (χ1v) is 13.7. The number of halogens is 3. The Morgan fingerprint density at radius 3 is 2.50 bits per heavy atom. The van der Waals surface area contributed by atoms with Gasteiger partial charge in [0.1, 0.15) is 30.1 Å². The lowest BCUT2D eigenvalue weighted by atomic mass is 9.78. The largest absolute Gasteiger partial charge is 0.426 e. The van der Waals surface area contributed by atoms with E-state index in [9.17, 15) is 14.0 Å². The SMILES string of the molecule is CC(C)(C)c1cc(C(C)(C)C)c2c(c1F)COP(OC[C@H]1O[C@@H](n3cc(I)c(=O)[nH]c3=O)CC1F)O2. The number of nitrogens with one attached hydrogen (secondary N) is 1. The van der Waals surface area contributed by atoms with Crippen molar-refractivity contribution in [1.82, 2.24) is 9.55 Å². The van der Waals surface area contributed by atoms with E-state index in [0.29, 0.717) is 16.9 Å². The lowest BCUT2D eigenvalue weighted by Gasteiger charge is -2.33. The summed E-state index contributed by atoms with van der Waals surface area (Å²) in [5.41, 5.74) is -0.145. The number of aromatic nitrogens is 2. The predicted molar refractivity (Wildman–Crippen MR) is 140 cm³/mol. The Labute approximate surface area is 222 Å². The van der Waals surface area contributed by atoms with Crippen LogP contribution >= 0.6 is 31.2 Å². The zero-order valence-electron chi connectivity index (χ0n) is 21.0. The van der Waals surface area contributed by atoms with E-state index in [1.807, 2.05) is 47.6 Å². The van der Waals surface area contributed by atoms with Crippen molar-refractivity contribution in [3.63, 3.8) is 0 Å². The molecule has 1 aromatic heterocycles. The lowest BCUT2D eigenvalue weighted by Crippen LogP contribution is -2.33. The number of fused-ring (bicyclic) bond motifs is 1. The summed E-state index contributed by atoms with van der Waals surface area (Å²) in [4.78, 5) is 25.9. The molecule has 12 heteroatoms. The van der Waals surface area contributed by atoms with Crippen LogP contribution in [0.2, 0.25) is 0 Å². The van der Waals surface area contributed by atoms with Crippen LogP contribution in [0.15, 0.2) is 21.9 Å². The van der Waals surface area contributed by atoms with Crippen molar-refractivity contribution in [2.24, 2.45) is 0 Å². The summed E-state index contributed by atoms with van der Waals surface area (Å²) in [7, 11) is -1.92. The van der Waals surface area contributed by atoms with Gasteiger partial charge in [-0.2, -0.15) is 0 Å². The van der Waals surface area contributed by atoms with Crippen molar-refractivity contribution in [3.8, 4) is 5.75 Å². The molecular weight excluding hydrogens is 608 g/mol. The van der Waals surface area contributed by atoms with E-state index in [2.05, 4.69) is 4.98 Å². The molecule has 2 aliphatic heterocycles. The summed E-state index contributed by atoms with van der Waals surface area (Å²) in [5.74, 6) is 0.0497. The van der Waals surface area contributed by atoms with Gasteiger partial charge in [-0.25, -0.2) is 13.6 Å². The zero-order chi connectivity index (χ0) is 26.6. The average molecular weight is 638 g/mol. The van der Waals surface area contributed by atoms with Gasteiger partial charge in [-0.15, -0.1) is 0 Å². The molecule has 3 heterocycles. The molecule has 0 radical (unpaired) electrons. The first-order valence-electron chi connectivity index (χ1n) is 11.6. The highest BCUT2D eigenvalue weighted by atomic mass is 127. The Balaban J connectivity index is 1.49. The van der Waals surface area contributed by atoms with Crippen molar-refractivity contribution in [1.29, 1.82) is 0 Å². The van der Waals surface area contributed by atoms with Gasteiger partial charge >= 0.3 is 14.3 Å². The molecule has 0 spiro atoms. The first kappa shape index (κ1) is 27.6. The van der Waals surface area contributed by atoms with Gasteiger partial charge in [0.25, 0.3) is 5.56 Å². The Morgan fingerprint density at radius 1 is 1.19 bits per heavy atom. The van der Waals surface area contributed by atoms with Crippen molar-refractivity contribution >= 4 is 31.2 Å². The Kier molecular flexibility index (Phi) is 7.72. The van der Waals surface area contributed by atoms with Gasteiger partial charge in [-0.3, -0.25) is 23.4 Å². The molecule has 4 atom stereocenters. The molecule has 1 saturated heterocycles. The zero-order valence-corrected chi connectivity index (χ0v) is 24.0. The quantitative estimate of drug-likeness (QED) is 0.359. The van der Waals surface area contributed by atoms with Gasteiger partial charge in [-0.1, -0.05) is 41.5 Å². The van der Waals surface area contributed by atoms with E-state index < -0.39 is 43.8 Å². The molecule has 4 rings (SSSR count). The van der Waals surface area contributed by atoms with E-state index >= 15 is 4.39 Å². The second-order valence-electron chi connectivity index (χ2n) is 11.0. The molecule has 36 heavy (non-hydrogen) atoms. The maximum atomic E-state index is 15.4. The lowest BCUT2D eigenvalue weighted by molar-refractivity contribution is -0.0337. The van der Waals surface area contributed by atoms with E-state index in [1.165, 1.54) is 6.20 Å². The smallest absolute Gasteiger partial charge is 0.397 e. The number of hydrogen-bond donors (Lipinski definition) is 1. The number of ether oxygens (including phenoxy) is 1. The first-order chi connectivity index (χ1) is 16.7. The Bertz CT molecular complexity index is 1270. The van der Waals surface area contributed by atoms with E-state index in [1.54, 1.807) is 22.6 Å². The molecule has 1 N–H and O–H groups in total. The summed E-state index contributed by atoms with van der Waals surface area (Å²) in [6, 6.07) is 1.85. The molecule has 0 bridgehead atoms. The summed E-state index contributed by atoms with van der Waals surface area (Å²) in [5, 5.41) is 0. The van der Waals surface area contributed by atoms with Crippen molar-refractivity contribution < 1.29 is 27.1 Å². The fraction of sp³-hybridized carbons (Fsp3) is 0.583. The third-order valence-electron chi connectivity index (χ3n) is 6.15. The van der Waals surface area contributed by atoms with Crippen LogP contribution in [-0.2, 0) is 31.2 Å². The molecule has 2 aliphatic rings. The standard InChI is InChI=1S/C24H30F2IN2O6P/c1-23(2,3)13-7-14(24(4,5)6)20-12(19(13)26)10-32-36(35-20)33-11-17-15(25)8-18(34-17)29-9-16(27)21(30)28-22(29)31/h7,9,15,17-18H,8,10-11H2,1-6H3,(H,28,30,31)/t15?,17-,18-,36?/m1/s1. The van der Waals surface area contributed by atoms with Crippen LogP contribution in [-0.4, -0.2) is 28.4 Å². The predicted octanol–water partition coefficient (Wildman–Crippen LogP) is 5.35. The molecule has 0 aliphatic carbocycles. The highest BCUT2D eigenvalue weighted by Crippen LogP contribution is 2.53. The van der Waals surface area contributed by atoms with Crippen LogP contribution in [0.1, 0.15) is 70.9 Å². The van der Waals surface area contributed by atoms with Crippen molar-refractivity contribution in [3.05, 3.63) is 59.2 Å². The fourth-order valence-corrected chi connectivity index (χ4v) is 5.61. The van der Waals surface area contributed by atoms with Crippen LogP contribution < -0.4 is 15.8 Å². The highest BCUT2D eigenvalue weighted by Gasteiger charge is 2.40. The van der Waals surface area contributed by atoms with Crippen molar-refractivity contribution in [2.75, 3.05) is 6.61 Å². The highest BCUT2D eigenvalue weighted by molar-refractivity contribution is 14.1. The maximum Gasteiger partial charge on any atom is 0.397 e. The van der Waals surface area contributed by atoms with Gasteiger partial charge in [0, 0.05) is 18.2 Å². The fourth-order valence-electron chi connectivity index (χ4n) is 4.13. The van der Waals surface area contributed by atoms with Gasteiger partial charge in [0.15, 0.2) is 0 Å². The minimum Gasteiger partial charge on any atom is -0.426 e. The summed E-state index contributed by atoms with van der Waals surface area (Å²) in [6.45, 7) is 11.7. The second-order valence-corrected chi connectivity index (χ2v) is 13.3. The molecule has 1 aromatic carbocycles.